The van der Waals surface area contributed by atoms with Crippen molar-refractivity contribution in [2.24, 2.45) is 0 Å². The van der Waals surface area contributed by atoms with Gasteiger partial charge in [0.15, 0.2) is 0 Å². The fourth-order valence-corrected chi connectivity index (χ4v) is 1.37. The second kappa shape index (κ2) is 2.68. The molecule has 0 atom stereocenters. The lowest BCUT2D eigenvalue weighted by Crippen LogP contribution is -1.89. The van der Waals surface area contributed by atoms with E-state index in [-0.39, 0.29) is 0 Å². The molecule has 0 unspecified atom stereocenters. The minimum Gasteiger partial charge on any atom is -0.397 e. The van der Waals surface area contributed by atoms with Crippen LogP contribution in [0.4, 0.5) is 5.69 Å². The first-order valence-electron chi connectivity index (χ1n) is 3.58. The lowest BCUT2D eigenvalue weighted by Gasteiger charge is -1.98. The standard InChI is InChI=1S/C8H8ClN3/c9-3-5-1-6(10)8-7(2-5)11-4-12-8/h1-2,4H,3,10H2,(H,11,12). The fraction of sp³-hybridized carbons (Fsp3) is 0.125. The Kier molecular flexibility index (Phi) is 1.66. The maximum atomic E-state index is 5.74. The maximum Gasteiger partial charge on any atom is 0.111 e. The van der Waals surface area contributed by atoms with Crippen LogP contribution in [0.15, 0.2) is 18.5 Å². The van der Waals surface area contributed by atoms with E-state index in [9.17, 15) is 0 Å². The topological polar surface area (TPSA) is 54.7 Å². The van der Waals surface area contributed by atoms with Crippen molar-refractivity contribution in [3.63, 3.8) is 0 Å². The van der Waals surface area contributed by atoms with Crippen LogP contribution in [0.5, 0.6) is 0 Å². The zero-order chi connectivity index (χ0) is 8.55. The number of halogens is 1. The van der Waals surface area contributed by atoms with Gasteiger partial charge in [0.25, 0.3) is 0 Å². The number of fused-ring (bicyclic) bond motifs is 1. The monoisotopic (exact) mass is 181 g/mol. The SMILES string of the molecule is Nc1cc(CCl)cc2[nH]cnc12. The molecule has 2 aromatic rings. The summed E-state index contributed by atoms with van der Waals surface area (Å²) >= 11 is 5.68. The van der Waals surface area contributed by atoms with E-state index in [1.54, 1.807) is 6.33 Å². The summed E-state index contributed by atoms with van der Waals surface area (Å²) in [5.41, 5.74) is 9.16. The van der Waals surface area contributed by atoms with E-state index in [0.717, 1.165) is 16.6 Å². The van der Waals surface area contributed by atoms with E-state index in [4.69, 9.17) is 17.3 Å². The molecule has 1 heterocycles. The van der Waals surface area contributed by atoms with Crippen LogP contribution in [-0.4, -0.2) is 9.97 Å². The van der Waals surface area contributed by atoms with Gasteiger partial charge in [0, 0.05) is 5.88 Å². The lowest BCUT2D eigenvalue weighted by molar-refractivity contribution is 1.34. The number of nitrogens with one attached hydrogen (secondary N) is 1. The van der Waals surface area contributed by atoms with E-state index in [2.05, 4.69) is 9.97 Å². The van der Waals surface area contributed by atoms with Crippen molar-refractivity contribution in [3.8, 4) is 0 Å². The van der Waals surface area contributed by atoms with Crippen molar-refractivity contribution in [1.29, 1.82) is 0 Å². The molecule has 12 heavy (non-hydrogen) atoms. The number of rotatable bonds is 1. The second-order valence-corrected chi connectivity index (χ2v) is 2.88. The van der Waals surface area contributed by atoms with Gasteiger partial charge < -0.3 is 10.7 Å². The third-order valence-electron chi connectivity index (χ3n) is 1.77. The van der Waals surface area contributed by atoms with Crippen LogP contribution in [-0.2, 0) is 5.88 Å². The number of nitrogen functional groups attached to an aromatic ring is 1. The molecule has 0 aliphatic heterocycles. The molecule has 0 saturated heterocycles. The molecule has 3 nitrogen and oxygen atoms in total. The van der Waals surface area contributed by atoms with Crippen molar-refractivity contribution in [2.75, 3.05) is 5.73 Å². The maximum absolute atomic E-state index is 5.74. The molecule has 1 aromatic heterocycles. The van der Waals surface area contributed by atoms with Crippen molar-refractivity contribution < 1.29 is 0 Å². The molecular weight excluding hydrogens is 174 g/mol. The van der Waals surface area contributed by atoms with E-state index in [0.29, 0.717) is 11.6 Å². The molecule has 0 aliphatic carbocycles. The fourth-order valence-electron chi connectivity index (χ4n) is 1.22. The van der Waals surface area contributed by atoms with Gasteiger partial charge in [0.2, 0.25) is 0 Å². The van der Waals surface area contributed by atoms with Gasteiger partial charge >= 0.3 is 0 Å². The number of H-pyrrole nitrogens is 1. The van der Waals surface area contributed by atoms with Gasteiger partial charge in [-0.2, -0.15) is 0 Å². The minimum absolute atomic E-state index is 0.471. The summed E-state index contributed by atoms with van der Waals surface area (Å²) in [6.45, 7) is 0. The predicted molar refractivity (Wildman–Crippen MR) is 50.1 cm³/mol. The largest absolute Gasteiger partial charge is 0.397 e. The highest BCUT2D eigenvalue weighted by Gasteiger charge is 2.02. The molecule has 0 amide bonds. The van der Waals surface area contributed by atoms with Gasteiger partial charge in [0.05, 0.1) is 17.5 Å². The Bertz CT molecular complexity index is 408. The zero-order valence-corrected chi connectivity index (χ0v) is 7.10. The number of imidazole rings is 1. The summed E-state index contributed by atoms with van der Waals surface area (Å²) in [6, 6.07) is 3.79. The summed E-state index contributed by atoms with van der Waals surface area (Å²) in [4.78, 5) is 7.06. The minimum atomic E-state index is 0.471. The third kappa shape index (κ3) is 1.02. The first-order chi connectivity index (χ1) is 5.81. The number of nitrogens with two attached hydrogens (primary N) is 1. The van der Waals surface area contributed by atoms with Gasteiger partial charge in [0.1, 0.15) is 5.52 Å². The molecule has 1 aromatic carbocycles. The molecule has 3 N–H and O–H groups in total. The number of alkyl halides is 1. The van der Waals surface area contributed by atoms with Crippen LogP contribution in [0, 0.1) is 0 Å². The average Bonchev–Trinajstić information content (AvgIpc) is 2.52. The molecule has 0 aliphatic rings. The Labute approximate surface area is 74.5 Å². The van der Waals surface area contributed by atoms with Crippen molar-refractivity contribution >= 4 is 28.3 Å². The normalized spacial score (nSPS) is 10.8. The highest BCUT2D eigenvalue weighted by Crippen LogP contribution is 2.20. The summed E-state index contributed by atoms with van der Waals surface area (Å²) in [7, 11) is 0. The Hall–Kier alpha value is -1.22. The van der Waals surface area contributed by atoms with Gasteiger partial charge in [-0.3, -0.25) is 0 Å². The van der Waals surface area contributed by atoms with E-state index >= 15 is 0 Å². The van der Waals surface area contributed by atoms with Crippen LogP contribution in [0.3, 0.4) is 0 Å². The van der Waals surface area contributed by atoms with E-state index in [1.807, 2.05) is 12.1 Å². The number of hydrogen-bond donors (Lipinski definition) is 2. The highest BCUT2D eigenvalue weighted by atomic mass is 35.5. The van der Waals surface area contributed by atoms with Gasteiger partial charge in [-0.15, -0.1) is 11.6 Å². The van der Waals surface area contributed by atoms with Crippen LogP contribution < -0.4 is 5.73 Å². The second-order valence-electron chi connectivity index (χ2n) is 2.62. The van der Waals surface area contributed by atoms with Crippen LogP contribution >= 0.6 is 11.6 Å². The first kappa shape index (κ1) is 7.43. The van der Waals surface area contributed by atoms with E-state index < -0.39 is 0 Å². The lowest BCUT2D eigenvalue weighted by atomic mass is 10.2. The van der Waals surface area contributed by atoms with Crippen molar-refractivity contribution in [3.05, 3.63) is 24.0 Å². The molecule has 2 rings (SSSR count). The molecule has 0 fully saturated rings. The molecule has 4 heteroatoms. The number of aromatic nitrogens is 2. The van der Waals surface area contributed by atoms with Crippen LogP contribution in [0.25, 0.3) is 11.0 Å². The molecule has 0 radical (unpaired) electrons. The first-order valence-corrected chi connectivity index (χ1v) is 4.12. The van der Waals surface area contributed by atoms with Crippen LogP contribution in [0.2, 0.25) is 0 Å². The van der Waals surface area contributed by atoms with Crippen LogP contribution in [0.1, 0.15) is 5.56 Å². The molecular formula is C8H8ClN3. The summed E-state index contributed by atoms with van der Waals surface area (Å²) < 4.78 is 0. The quantitative estimate of drug-likeness (QED) is 0.522. The van der Waals surface area contributed by atoms with Gasteiger partial charge in [-0.25, -0.2) is 4.98 Å². The molecule has 62 valence electrons. The predicted octanol–water partition coefficient (Wildman–Crippen LogP) is 1.88. The number of aromatic amines is 1. The van der Waals surface area contributed by atoms with Crippen molar-refractivity contribution in [1.82, 2.24) is 9.97 Å². The smallest absolute Gasteiger partial charge is 0.111 e. The Morgan fingerprint density at radius 2 is 2.33 bits per heavy atom. The average molecular weight is 182 g/mol. The Morgan fingerprint density at radius 3 is 3.08 bits per heavy atom. The molecule has 0 saturated carbocycles. The van der Waals surface area contributed by atoms with Gasteiger partial charge in [-0.1, -0.05) is 0 Å². The third-order valence-corrected chi connectivity index (χ3v) is 2.08. The van der Waals surface area contributed by atoms with Crippen molar-refractivity contribution in [2.45, 2.75) is 5.88 Å². The Morgan fingerprint density at radius 1 is 1.50 bits per heavy atom. The molecule has 0 bridgehead atoms. The summed E-state index contributed by atoms with van der Waals surface area (Å²) in [6.07, 6.45) is 1.62. The molecule has 0 spiro atoms. The number of hydrogen-bond acceptors (Lipinski definition) is 2. The number of anilines is 1. The summed E-state index contributed by atoms with van der Waals surface area (Å²) in [5.74, 6) is 0.471. The number of nitrogens with zero attached hydrogens (tertiary/aromatic N) is 1. The highest BCUT2D eigenvalue weighted by molar-refractivity contribution is 6.17. The van der Waals surface area contributed by atoms with Gasteiger partial charge in [-0.05, 0) is 17.7 Å². The zero-order valence-electron chi connectivity index (χ0n) is 6.34. The number of benzene rings is 1. The van der Waals surface area contributed by atoms with E-state index in [1.165, 1.54) is 0 Å². The Balaban J connectivity index is 2.75. The summed E-state index contributed by atoms with van der Waals surface area (Å²) in [5, 5.41) is 0.